The molecule has 0 spiro atoms. The summed E-state index contributed by atoms with van der Waals surface area (Å²) >= 11 is 0. The highest BCUT2D eigenvalue weighted by Gasteiger charge is 2.38. The van der Waals surface area contributed by atoms with Crippen LogP contribution in [0.1, 0.15) is 22.8 Å². The van der Waals surface area contributed by atoms with Gasteiger partial charge in [0, 0.05) is 17.5 Å². The maximum Gasteiger partial charge on any atom is 0.306 e. The summed E-state index contributed by atoms with van der Waals surface area (Å²) in [7, 11) is 4.08. The summed E-state index contributed by atoms with van der Waals surface area (Å²) in [6.07, 6.45) is 3.45. The van der Waals surface area contributed by atoms with Crippen molar-refractivity contribution >= 4 is 16.6 Å². The highest BCUT2D eigenvalue weighted by atomic mass is 16.5. The number of hydrogen-bond donors (Lipinski definition) is 1. The molecule has 2 aromatic heterocycles. The monoisotopic (exact) mass is 387 g/mol. The molecule has 0 amide bonds. The summed E-state index contributed by atoms with van der Waals surface area (Å²) in [5.41, 5.74) is 8.52. The van der Waals surface area contributed by atoms with E-state index in [-0.39, 0.29) is 5.92 Å². The lowest BCUT2D eigenvalue weighted by atomic mass is 9.86. The predicted octanol–water partition coefficient (Wildman–Crippen LogP) is 3.55. The van der Waals surface area contributed by atoms with Gasteiger partial charge in [-0.2, -0.15) is 0 Å². The smallest absolute Gasteiger partial charge is 0.306 e. The zero-order valence-corrected chi connectivity index (χ0v) is 16.5. The first-order chi connectivity index (χ1) is 14.1. The van der Waals surface area contributed by atoms with Gasteiger partial charge < -0.3 is 19.8 Å². The molecule has 6 heteroatoms. The Labute approximate surface area is 169 Å². The second kappa shape index (κ2) is 6.90. The first-order valence-electron chi connectivity index (χ1n) is 9.69. The van der Waals surface area contributed by atoms with Crippen LogP contribution in [0.5, 0.6) is 11.6 Å². The van der Waals surface area contributed by atoms with Gasteiger partial charge in [0.05, 0.1) is 18.7 Å². The molecular formula is C23H23N4O2+. The molecule has 6 nitrogen and oxygen atoms in total. The van der Waals surface area contributed by atoms with E-state index in [1.807, 2.05) is 42.9 Å². The molecule has 2 aromatic carbocycles. The van der Waals surface area contributed by atoms with Gasteiger partial charge in [-0.15, -0.1) is 0 Å². The molecule has 146 valence electrons. The van der Waals surface area contributed by atoms with Crippen LogP contribution in [0, 0.1) is 0 Å². The van der Waals surface area contributed by atoms with E-state index in [0.29, 0.717) is 11.7 Å². The van der Waals surface area contributed by atoms with Crippen LogP contribution in [-0.2, 0) is 6.54 Å². The van der Waals surface area contributed by atoms with E-state index in [1.165, 1.54) is 0 Å². The first kappa shape index (κ1) is 17.7. The normalized spacial score (nSPS) is 15.2. The van der Waals surface area contributed by atoms with Crippen LogP contribution in [0.25, 0.3) is 10.8 Å². The van der Waals surface area contributed by atoms with Crippen LogP contribution in [0.15, 0.2) is 65.5 Å². The largest absolute Gasteiger partial charge is 0.468 e. The number of likely N-dealkylation sites (N-methyl/N-ethyl adjacent to an activating group) is 1. The minimum atomic E-state index is -0.173. The molecule has 2 N–H and O–H groups in total. The molecule has 0 bridgehead atoms. The average molecular weight is 387 g/mol. The van der Waals surface area contributed by atoms with E-state index < -0.39 is 0 Å². The number of furan rings is 1. The fourth-order valence-corrected chi connectivity index (χ4v) is 3.96. The third-order valence-electron chi connectivity index (χ3n) is 5.45. The summed E-state index contributed by atoms with van der Waals surface area (Å²) < 4.78 is 14.1. The Balaban J connectivity index is 1.72. The number of benzene rings is 2. The lowest BCUT2D eigenvalue weighted by Crippen LogP contribution is -2.43. The van der Waals surface area contributed by atoms with Crippen molar-refractivity contribution in [2.75, 3.05) is 26.4 Å². The van der Waals surface area contributed by atoms with Gasteiger partial charge in [-0.1, -0.05) is 41.4 Å². The van der Waals surface area contributed by atoms with Crippen LogP contribution in [0.3, 0.4) is 0 Å². The van der Waals surface area contributed by atoms with Crippen molar-refractivity contribution < 1.29 is 13.7 Å². The fourth-order valence-electron chi connectivity index (χ4n) is 3.96. The van der Waals surface area contributed by atoms with Crippen LogP contribution >= 0.6 is 0 Å². The Hall–Kier alpha value is -3.38. The first-order valence-corrected chi connectivity index (χ1v) is 9.69. The van der Waals surface area contributed by atoms with E-state index in [0.717, 1.165) is 46.5 Å². The quantitative estimate of drug-likeness (QED) is 0.478. The number of anilines is 1. The Bertz CT molecular complexity index is 1190. The number of aromatic nitrogens is 2. The molecule has 1 aliphatic rings. The molecule has 4 aromatic rings. The van der Waals surface area contributed by atoms with E-state index >= 15 is 0 Å². The fraction of sp³-hybridized carbons (Fsp3) is 0.217. The van der Waals surface area contributed by atoms with Gasteiger partial charge in [-0.25, -0.2) is 4.57 Å². The Morgan fingerprint density at radius 2 is 1.97 bits per heavy atom. The predicted molar refractivity (Wildman–Crippen MR) is 111 cm³/mol. The minimum absolute atomic E-state index is 0.173. The summed E-state index contributed by atoms with van der Waals surface area (Å²) in [5, 5.41) is 2.18. The third kappa shape index (κ3) is 2.93. The standard InChI is InChI=1S/C23H22N4O2/c1-26(2)11-12-27-14-25-23-20(22(27)24)19(18-8-5-13-28-18)17-10-9-15-6-3-4-7-16(15)21(17)29-23/h3-10,13-14,19,24H,11-12H2,1-2H3/p+1/t19-/m1/s1. The van der Waals surface area contributed by atoms with E-state index in [2.05, 4.69) is 34.1 Å². The number of fused-ring (bicyclic) bond motifs is 4. The molecule has 3 heterocycles. The van der Waals surface area contributed by atoms with E-state index in [9.17, 15) is 0 Å². The van der Waals surface area contributed by atoms with Gasteiger partial charge in [0.15, 0.2) is 0 Å². The topological polar surface area (TPSA) is 68.4 Å². The average Bonchev–Trinajstić information content (AvgIpc) is 3.26. The lowest BCUT2D eigenvalue weighted by Gasteiger charge is -2.26. The summed E-state index contributed by atoms with van der Waals surface area (Å²) in [5.74, 6) is 2.65. The van der Waals surface area contributed by atoms with Gasteiger partial charge in [-0.05, 0) is 31.6 Å². The lowest BCUT2D eigenvalue weighted by molar-refractivity contribution is -0.685. The van der Waals surface area contributed by atoms with Crippen molar-refractivity contribution in [2.45, 2.75) is 12.5 Å². The Morgan fingerprint density at radius 3 is 2.76 bits per heavy atom. The number of hydrogen-bond acceptors (Lipinski definition) is 5. The highest BCUT2D eigenvalue weighted by molar-refractivity contribution is 5.91. The summed E-state index contributed by atoms with van der Waals surface area (Å²) in [6.45, 7) is 1.61. The maximum atomic E-state index is 6.64. The summed E-state index contributed by atoms with van der Waals surface area (Å²) in [4.78, 5) is 6.74. The van der Waals surface area contributed by atoms with Gasteiger partial charge in [0.25, 0.3) is 0 Å². The molecule has 1 aliphatic heterocycles. The zero-order valence-electron chi connectivity index (χ0n) is 16.5. The number of ether oxygens (including phenoxy) is 1. The molecule has 0 saturated carbocycles. The van der Waals surface area contributed by atoms with Crippen LogP contribution in [0.2, 0.25) is 0 Å². The minimum Gasteiger partial charge on any atom is -0.468 e. The number of nitrogens with two attached hydrogens (primary N) is 1. The Morgan fingerprint density at radius 1 is 1.10 bits per heavy atom. The Kier molecular flexibility index (Phi) is 4.21. The van der Waals surface area contributed by atoms with Gasteiger partial charge in [0.1, 0.15) is 17.1 Å². The van der Waals surface area contributed by atoms with E-state index in [4.69, 9.17) is 14.9 Å². The molecule has 5 rings (SSSR count). The third-order valence-corrected chi connectivity index (χ3v) is 5.45. The van der Waals surface area contributed by atoms with Crippen molar-refractivity contribution in [1.82, 2.24) is 9.88 Å². The molecule has 0 saturated heterocycles. The molecule has 0 radical (unpaired) electrons. The molecule has 0 aliphatic carbocycles. The summed E-state index contributed by atoms with van der Waals surface area (Å²) in [6, 6.07) is 16.3. The number of nitrogen functional groups attached to an aromatic ring is 1. The molecule has 29 heavy (non-hydrogen) atoms. The van der Waals surface area contributed by atoms with Crippen LogP contribution < -0.4 is 15.0 Å². The van der Waals surface area contributed by atoms with Gasteiger partial charge in [0.2, 0.25) is 12.1 Å². The van der Waals surface area contributed by atoms with Crippen LogP contribution in [-0.4, -0.2) is 30.5 Å². The second-order valence-electron chi connectivity index (χ2n) is 7.60. The second-order valence-corrected chi connectivity index (χ2v) is 7.60. The van der Waals surface area contributed by atoms with E-state index in [1.54, 1.807) is 12.6 Å². The molecule has 0 fully saturated rings. The SMILES string of the molecule is CN(C)CC[n+]1cnc2c(c1N)[C@@H](c1ccco1)c1ccc3ccccc3c1O2. The molecule has 1 atom stereocenters. The molecule has 0 unspecified atom stereocenters. The van der Waals surface area contributed by atoms with Crippen LogP contribution in [0.4, 0.5) is 5.82 Å². The van der Waals surface area contributed by atoms with Crippen molar-refractivity contribution in [3.8, 4) is 11.6 Å². The van der Waals surface area contributed by atoms with Crippen molar-refractivity contribution in [3.05, 3.63) is 78.0 Å². The van der Waals surface area contributed by atoms with Gasteiger partial charge in [-0.3, -0.25) is 0 Å². The van der Waals surface area contributed by atoms with Crippen molar-refractivity contribution in [2.24, 2.45) is 0 Å². The number of nitrogens with zero attached hydrogens (tertiary/aromatic N) is 3. The zero-order chi connectivity index (χ0) is 20.0. The number of rotatable bonds is 4. The van der Waals surface area contributed by atoms with Crippen molar-refractivity contribution in [1.29, 1.82) is 0 Å². The maximum absolute atomic E-state index is 6.64. The van der Waals surface area contributed by atoms with Gasteiger partial charge >= 0.3 is 5.88 Å². The van der Waals surface area contributed by atoms with Crippen molar-refractivity contribution in [3.63, 3.8) is 0 Å². The highest BCUT2D eigenvalue weighted by Crippen LogP contribution is 2.50. The molecular weight excluding hydrogens is 364 g/mol.